The molecule has 0 bridgehead atoms. The van der Waals surface area contributed by atoms with Crippen LogP contribution in [0.4, 0.5) is 11.4 Å². The highest BCUT2D eigenvalue weighted by molar-refractivity contribution is 7.91. The molecule has 430 valence electrons. The summed E-state index contributed by atoms with van der Waals surface area (Å²) in [5, 5.41) is 12.3. The third kappa shape index (κ3) is 13.2. The van der Waals surface area contributed by atoms with Crippen LogP contribution in [0.2, 0.25) is 0 Å². The molecule has 2 aliphatic rings. The second-order valence-corrected chi connectivity index (χ2v) is 28.7. The molecule has 16 heteroatoms. The van der Waals surface area contributed by atoms with E-state index in [0.717, 1.165) is 38.5 Å². The summed E-state index contributed by atoms with van der Waals surface area (Å²) >= 11 is 0. The number of carbonyl (C=O) groups is 6. The fourth-order valence-corrected chi connectivity index (χ4v) is 12.7. The number of hydrogen-bond donors (Lipinski definition) is 4. The Balaban J connectivity index is 1.11. The van der Waals surface area contributed by atoms with Gasteiger partial charge in [0, 0.05) is 68.7 Å². The number of amides is 2. The maximum atomic E-state index is 14.9. The van der Waals surface area contributed by atoms with Crippen molar-refractivity contribution >= 4 is 66.0 Å². The molecule has 0 heterocycles. The van der Waals surface area contributed by atoms with Crippen LogP contribution in [0.15, 0.2) is 131 Å². The molecule has 14 nitrogen and oxygen atoms in total. The van der Waals surface area contributed by atoms with Crippen LogP contribution in [0.5, 0.6) is 0 Å². The molecule has 0 fully saturated rings. The van der Waals surface area contributed by atoms with Crippen LogP contribution in [0.3, 0.4) is 0 Å². The number of benzene rings is 6. The van der Waals surface area contributed by atoms with E-state index in [-0.39, 0.29) is 134 Å². The van der Waals surface area contributed by atoms with Gasteiger partial charge in [-0.1, -0.05) is 127 Å². The second-order valence-electron chi connectivity index (χ2n) is 24.5. The minimum Gasteiger partial charge on any atom is -0.321 e. The number of ketones is 4. The fourth-order valence-electron chi connectivity index (χ4n) is 10.3. The third-order valence-corrected chi connectivity index (χ3v) is 20.0. The predicted octanol–water partition coefficient (Wildman–Crippen LogP) is 12.1. The van der Waals surface area contributed by atoms with Crippen LogP contribution in [-0.4, -0.2) is 87.5 Å². The molecule has 0 aromatic heterocycles. The van der Waals surface area contributed by atoms with Crippen molar-refractivity contribution < 1.29 is 45.6 Å². The van der Waals surface area contributed by atoms with E-state index >= 15 is 0 Å². The van der Waals surface area contributed by atoms with Gasteiger partial charge in [0.05, 0.1) is 43.8 Å². The van der Waals surface area contributed by atoms with Crippen molar-refractivity contribution in [2.45, 2.75) is 129 Å². The maximum Gasteiger partial charge on any atom is 0.255 e. The van der Waals surface area contributed by atoms with Gasteiger partial charge in [0.15, 0.2) is 42.8 Å². The lowest BCUT2D eigenvalue weighted by Gasteiger charge is -2.31. The number of anilines is 2. The Bertz CT molecular complexity index is 3550. The van der Waals surface area contributed by atoms with E-state index in [1.807, 2.05) is 27.7 Å². The van der Waals surface area contributed by atoms with E-state index in [4.69, 9.17) is 0 Å². The van der Waals surface area contributed by atoms with Crippen LogP contribution in [0.25, 0.3) is 11.1 Å². The molecular weight excluding hydrogens is 1070 g/mol. The molecule has 6 aromatic rings. The SMILES string of the molecule is CCC(C)(C)CCC(C)(C)NCCS(=O)(=O)c1cccc(C(=O)Nc2ccc(-c3ccc(NC(=O)c4cccc(S(=O)(=O)CCNC(C)(C)CCC(C)(C)CC)c4)c4c3C(=O)c3ccccc3C4=O)c3c2C(=O)c2ccccc2C3=O)c1. The molecule has 6 aromatic carbocycles. The molecule has 0 saturated heterocycles. The number of sulfone groups is 2. The zero-order valence-electron chi connectivity index (χ0n) is 48.5. The summed E-state index contributed by atoms with van der Waals surface area (Å²) in [6.07, 6.45) is 5.66. The Morgan fingerprint density at radius 2 is 0.732 bits per heavy atom. The first-order chi connectivity index (χ1) is 38.5. The van der Waals surface area contributed by atoms with Gasteiger partial charge >= 0.3 is 0 Å². The molecule has 82 heavy (non-hydrogen) atoms. The number of nitrogens with one attached hydrogen (secondary N) is 4. The van der Waals surface area contributed by atoms with Crippen LogP contribution in [0, 0.1) is 10.8 Å². The lowest BCUT2D eigenvalue weighted by molar-refractivity contribution is 0.0977. The van der Waals surface area contributed by atoms with Crippen molar-refractivity contribution in [2.75, 3.05) is 35.2 Å². The Hall–Kier alpha value is -7.24. The molecule has 0 saturated carbocycles. The first-order valence-corrected chi connectivity index (χ1v) is 31.3. The minimum absolute atomic E-state index is 0.0268. The van der Waals surface area contributed by atoms with Gasteiger partial charge < -0.3 is 21.3 Å². The van der Waals surface area contributed by atoms with E-state index in [1.165, 1.54) is 97.1 Å². The number of carbonyl (C=O) groups excluding carboxylic acids is 6. The summed E-state index contributed by atoms with van der Waals surface area (Å²) in [5.74, 6) is -4.43. The maximum absolute atomic E-state index is 14.9. The van der Waals surface area contributed by atoms with Crippen molar-refractivity contribution in [3.05, 3.63) is 177 Å². The van der Waals surface area contributed by atoms with Crippen LogP contribution in [0.1, 0.15) is 192 Å². The quantitative estimate of drug-likeness (QED) is 0.0470. The first kappa shape index (κ1) is 60.8. The van der Waals surface area contributed by atoms with Crippen molar-refractivity contribution in [3.63, 3.8) is 0 Å². The number of hydrogen-bond acceptors (Lipinski definition) is 12. The standard InChI is InChI=1S/C66H74N4O10S2/c1-11-63(3,4)31-33-65(7,8)67-35-37-81(77,78)43-21-17-19-41(39-43)61(75)69-51-29-27-45(53-55(51)59(73)49-25-15-13-23-47(49)57(53)71)46-28-30-52(56-54(46)58(72)48-24-14-16-26-50(48)60(56)74)70-62(76)42-20-18-22-44(40-42)82(79,80)38-36-68-66(9,10)34-32-64(5,6)12-2/h13-30,39-40,67-68H,11-12,31-38H2,1-10H3,(H,69,75)(H,70,76). The molecule has 2 amide bonds. The lowest BCUT2D eigenvalue weighted by atomic mass is 9.75. The molecule has 0 atom stereocenters. The Labute approximate surface area is 482 Å². The second kappa shape index (κ2) is 23.6. The molecule has 0 aliphatic heterocycles. The number of fused-ring (bicyclic) bond motifs is 4. The highest BCUT2D eigenvalue weighted by Crippen LogP contribution is 2.44. The van der Waals surface area contributed by atoms with Gasteiger partial charge in [-0.15, -0.1) is 0 Å². The highest BCUT2D eigenvalue weighted by Gasteiger charge is 2.39. The van der Waals surface area contributed by atoms with Crippen LogP contribution < -0.4 is 21.3 Å². The zero-order valence-corrected chi connectivity index (χ0v) is 50.2. The Morgan fingerprint density at radius 3 is 1.06 bits per heavy atom. The van der Waals surface area contributed by atoms with Crippen molar-refractivity contribution in [1.29, 1.82) is 0 Å². The fraction of sp³-hybridized carbons (Fsp3) is 0.364. The summed E-state index contributed by atoms with van der Waals surface area (Å²) in [6, 6.07) is 29.3. The van der Waals surface area contributed by atoms with E-state index in [2.05, 4.69) is 62.8 Å². The summed E-state index contributed by atoms with van der Waals surface area (Å²) in [7, 11) is -7.76. The van der Waals surface area contributed by atoms with E-state index in [9.17, 15) is 45.6 Å². The molecule has 8 rings (SSSR count). The first-order valence-electron chi connectivity index (χ1n) is 28.0. The monoisotopic (exact) mass is 1150 g/mol. The van der Waals surface area contributed by atoms with Gasteiger partial charge in [-0.05, 0) is 124 Å². The van der Waals surface area contributed by atoms with Crippen molar-refractivity contribution in [2.24, 2.45) is 10.8 Å². The Kier molecular flexibility index (Phi) is 17.5. The summed E-state index contributed by atoms with van der Waals surface area (Å²) in [4.78, 5) is 87.7. The van der Waals surface area contributed by atoms with Crippen LogP contribution in [-0.2, 0) is 19.7 Å². The minimum atomic E-state index is -3.88. The normalized spacial score (nSPS) is 13.7. The van der Waals surface area contributed by atoms with Crippen molar-refractivity contribution in [1.82, 2.24) is 10.6 Å². The van der Waals surface area contributed by atoms with Gasteiger partial charge in [0.1, 0.15) is 0 Å². The van der Waals surface area contributed by atoms with Gasteiger partial charge in [0.2, 0.25) is 0 Å². The van der Waals surface area contributed by atoms with Crippen LogP contribution >= 0.6 is 0 Å². The average Bonchev–Trinajstić information content (AvgIpc) is 1.18. The van der Waals surface area contributed by atoms with E-state index < -0.39 is 54.6 Å². The van der Waals surface area contributed by atoms with Gasteiger partial charge in [-0.3, -0.25) is 28.8 Å². The smallest absolute Gasteiger partial charge is 0.255 e. The zero-order chi connectivity index (χ0) is 59.7. The largest absolute Gasteiger partial charge is 0.321 e. The highest BCUT2D eigenvalue weighted by atomic mass is 32.2. The summed E-state index contributed by atoms with van der Waals surface area (Å²) in [6.45, 7) is 21.7. The molecule has 2 aliphatic carbocycles. The third-order valence-electron chi connectivity index (χ3n) is 16.6. The van der Waals surface area contributed by atoms with Gasteiger partial charge in [0.25, 0.3) is 11.8 Å². The van der Waals surface area contributed by atoms with E-state index in [0.29, 0.717) is 0 Å². The average molecular weight is 1150 g/mol. The lowest BCUT2D eigenvalue weighted by Crippen LogP contribution is -2.42. The van der Waals surface area contributed by atoms with E-state index in [1.54, 1.807) is 24.3 Å². The molecule has 0 spiro atoms. The summed E-state index contributed by atoms with van der Waals surface area (Å²) in [5.41, 5.74) is -0.826. The molecular formula is C66H74N4O10S2. The molecule has 4 N–H and O–H groups in total. The molecule has 0 radical (unpaired) electrons. The van der Waals surface area contributed by atoms with Gasteiger partial charge in [-0.2, -0.15) is 0 Å². The topological polar surface area (TPSA) is 219 Å². The number of rotatable bonds is 23. The molecule has 0 unspecified atom stereocenters. The Morgan fingerprint density at radius 1 is 0.402 bits per heavy atom. The van der Waals surface area contributed by atoms with Gasteiger partial charge in [-0.25, -0.2) is 16.8 Å². The summed E-state index contributed by atoms with van der Waals surface area (Å²) < 4.78 is 54.9. The van der Waals surface area contributed by atoms with Crippen molar-refractivity contribution in [3.8, 4) is 11.1 Å². The predicted molar refractivity (Wildman–Crippen MR) is 322 cm³/mol.